The lowest BCUT2D eigenvalue weighted by atomic mass is 9.90. The van der Waals surface area contributed by atoms with Crippen molar-refractivity contribution in [2.24, 2.45) is 0 Å². The first-order valence-electron chi connectivity index (χ1n) is 16.3. The van der Waals surface area contributed by atoms with E-state index in [4.69, 9.17) is 0 Å². The fourth-order valence-corrected chi connectivity index (χ4v) is 5.89. The molecule has 0 aromatic heterocycles. The van der Waals surface area contributed by atoms with Gasteiger partial charge in [0.25, 0.3) is 0 Å². The number of rotatable bonds is 8. The molecule has 0 atom stereocenters. The van der Waals surface area contributed by atoms with E-state index in [0.717, 1.165) is 44.8 Å². The quantitative estimate of drug-likeness (QED) is 0.176. The smallest absolute Gasteiger partial charge is 0.236 e. The van der Waals surface area contributed by atoms with Crippen LogP contribution in [0.15, 0.2) is 158 Å². The molecule has 0 heterocycles. The van der Waals surface area contributed by atoms with Crippen LogP contribution in [0.5, 0.6) is 0 Å². The Bertz CT molecular complexity index is 1720. The molecular weight excluding hydrogens is 588 g/mol. The van der Waals surface area contributed by atoms with Crippen LogP contribution in [0.25, 0.3) is 0 Å². The summed E-state index contributed by atoms with van der Waals surface area (Å²) in [6, 6.07) is 51.7. The Morgan fingerprint density at radius 2 is 0.667 bits per heavy atom. The molecule has 0 spiro atoms. The highest BCUT2D eigenvalue weighted by atomic mass is 16.2. The molecule has 0 unspecified atom stereocenters. The Balaban J connectivity index is 0.000000188. The maximum atomic E-state index is 13.0. The van der Waals surface area contributed by atoms with Crippen LogP contribution in [-0.4, -0.2) is 11.8 Å². The lowest BCUT2D eigenvalue weighted by Crippen LogP contribution is -2.22. The Morgan fingerprint density at radius 1 is 0.396 bits per heavy atom. The summed E-state index contributed by atoms with van der Waals surface area (Å²) in [7, 11) is 0. The molecule has 0 aliphatic carbocycles. The summed E-state index contributed by atoms with van der Waals surface area (Å²) in [6.45, 7) is 8.13. The van der Waals surface area contributed by atoms with Gasteiger partial charge in [-0.1, -0.05) is 157 Å². The highest BCUT2D eigenvalue weighted by Crippen LogP contribution is 2.29. The summed E-state index contributed by atoms with van der Waals surface area (Å²) in [6.07, 6.45) is 0. The van der Waals surface area contributed by atoms with Crippen LogP contribution >= 0.6 is 0 Å². The molecule has 2 amide bonds. The number of hydrogen-bond donors (Lipinski definition) is 2. The van der Waals surface area contributed by atoms with Gasteiger partial charge in [-0.25, -0.2) is 0 Å². The summed E-state index contributed by atoms with van der Waals surface area (Å²) < 4.78 is 0. The van der Waals surface area contributed by atoms with Crippen molar-refractivity contribution in [3.63, 3.8) is 0 Å². The second-order valence-electron chi connectivity index (χ2n) is 12.1. The number of aryl methyl sites for hydroxylation is 4. The van der Waals surface area contributed by atoms with Gasteiger partial charge in [0.05, 0.1) is 11.8 Å². The van der Waals surface area contributed by atoms with Crippen LogP contribution in [0, 0.1) is 27.7 Å². The number of amides is 2. The van der Waals surface area contributed by atoms with Gasteiger partial charge in [-0.15, -0.1) is 0 Å². The van der Waals surface area contributed by atoms with E-state index in [1.807, 2.05) is 159 Å². The van der Waals surface area contributed by atoms with E-state index in [1.54, 1.807) is 0 Å². The van der Waals surface area contributed by atoms with Crippen LogP contribution in [0.1, 0.15) is 56.3 Å². The first kappa shape index (κ1) is 33.6. The highest BCUT2D eigenvalue weighted by molar-refractivity contribution is 5.99. The molecule has 6 rings (SSSR count). The maximum Gasteiger partial charge on any atom is 0.236 e. The van der Waals surface area contributed by atoms with Gasteiger partial charge in [0.1, 0.15) is 0 Å². The molecule has 2 N–H and O–H groups in total. The molecule has 0 bridgehead atoms. The molecule has 0 saturated carbocycles. The molecule has 240 valence electrons. The highest BCUT2D eigenvalue weighted by Gasteiger charge is 2.24. The zero-order chi connectivity index (χ0) is 33.9. The van der Waals surface area contributed by atoms with E-state index in [-0.39, 0.29) is 23.7 Å². The SMILES string of the molecule is Cc1ccc(NC(=O)C(c2ccccc2)c2ccccc2)c(C)c1.Cc1ccc(NC(=O)C(c2ccccc2)c2ccccc2)c(C)c1. The van der Waals surface area contributed by atoms with Gasteiger partial charge >= 0.3 is 0 Å². The molecule has 48 heavy (non-hydrogen) atoms. The number of benzene rings is 6. The van der Waals surface area contributed by atoms with Crippen molar-refractivity contribution in [1.82, 2.24) is 0 Å². The fraction of sp³-hybridized carbons (Fsp3) is 0.136. The third-order valence-corrected chi connectivity index (χ3v) is 8.34. The van der Waals surface area contributed by atoms with Crippen molar-refractivity contribution in [3.8, 4) is 0 Å². The standard InChI is InChI=1S/2C22H21NO/c2*1-16-13-14-20(17(2)15-16)23-22(24)21(18-9-5-3-6-10-18)19-11-7-4-8-12-19/h2*3-15,21H,1-2H3,(H,23,24). The minimum atomic E-state index is -0.326. The van der Waals surface area contributed by atoms with Crippen molar-refractivity contribution in [3.05, 3.63) is 202 Å². The average Bonchev–Trinajstić information content (AvgIpc) is 3.10. The number of carbonyl (C=O) groups is 2. The Labute approximate surface area is 284 Å². The number of anilines is 2. The van der Waals surface area contributed by atoms with E-state index in [1.165, 1.54) is 11.1 Å². The molecular formula is C44H42N2O2. The first-order chi connectivity index (χ1) is 23.3. The molecule has 0 aliphatic rings. The monoisotopic (exact) mass is 630 g/mol. The summed E-state index contributed by atoms with van der Waals surface area (Å²) in [4.78, 5) is 26.1. The van der Waals surface area contributed by atoms with Crippen LogP contribution < -0.4 is 10.6 Å². The first-order valence-corrected chi connectivity index (χ1v) is 16.3. The Kier molecular flexibility index (Phi) is 11.3. The molecule has 0 saturated heterocycles. The zero-order valence-corrected chi connectivity index (χ0v) is 28.0. The molecule has 6 aromatic rings. The third kappa shape index (κ3) is 8.74. The lowest BCUT2D eigenvalue weighted by molar-refractivity contribution is -0.117. The van der Waals surface area contributed by atoms with Crippen molar-refractivity contribution in [1.29, 1.82) is 0 Å². The lowest BCUT2D eigenvalue weighted by Gasteiger charge is -2.19. The average molecular weight is 631 g/mol. The minimum Gasteiger partial charge on any atom is -0.325 e. The predicted octanol–water partition coefficient (Wildman–Crippen LogP) is 10.1. The van der Waals surface area contributed by atoms with Crippen LogP contribution in [0.3, 0.4) is 0 Å². The summed E-state index contributed by atoms with van der Waals surface area (Å²) in [5, 5.41) is 6.19. The molecule has 4 heteroatoms. The second kappa shape index (κ2) is 16.2. The van der Waals surface area contributed by atoms with Crippen molar-refractivity contribution >= 4 is 23.2 Å². The van der Waals surface area contributed by atoms with Crippen LogP contribution in [0.4, 0.5) is 11.4 Å². The van der Waals surface area contributed by atoms with Gasteiger partial charge in [-0.2, -0.15) is 0 Å². The van der Waals surface area contributed by atoms with Crippen LogP contribution in [-0.2, 0) is 9.59 Å². The van der Waals surface area contributed by atoms with Gasteiger partial charge in [-0.05, 0) is 73.2 Å². The van der Waals surface area contributed by atoms with E-state index in [9.17, 15) is 9.59 Å². The normalized spacial score (nSPS) is 10.6. The summed E-state index contributed by atoms with van der Waals surface area (Å²) in [5.74, 6) is -0.681. The minimum absolute atomic E-state index is 0.0145. The fourth-order valence-electron chi connectivity index (χ4n) is 5.89. The van der Waals surface area contributed by atoms with Gasteiger partial charge in [0, 0.05) is 11.4 Å². The Morgan fingerprint density at radius 3 is 0.917 bits per heavy atom. The largest absolute Gasteiger partial charge is 0.325 e. The predicted molar refractivity (Wildman–Crippen MR) is 199 cm³/mol. The number of hydrogen-bond acceptors (Lipinski definition) is 2. The van der Waals surface area contributed by atoms with Gasteiger partial charge < -0.3 is 10.6 Å². The van der Waals surface area contributed by atoms with E-state index < -0.39 is 0 Å². The van der Waals surface area contributed by atoms with Crippen LogP contribution in [0.2, 0.25) is 0 Å². The third-order valence-electron chi connectivity index (χ3n) is 8.34. The van der Waals surface area contributed by atoms with E-state index in [0.29, 0.717) is 0 Å². The zero-order valence-electron chi connectivity index (χ0n) is 28.0. The molecule has 6 aromatic carbocycles. The van der Waals surface area contributed by atoms with Crippen molar-refractivity contribution in [2.45, 2.75) is 39.5 Å². The Hall–Kier alpha value is -5.74. The van der Waals surface area contributed by atoms with Crippen molar-refractivity contribution < 1.29 is 9.59 Å². The second-order valence-corrected chi connectivity index (χ2v) is 12.1. The summed E-state index contributed by atoms with van der Waals surface area (Å²) >= 11 is 0. The maximum absolute atomic E-state index is 13.0. The van der Waals surface area contributed by atoms with Gasteiger partial charge in [0.2, 0.25) is 11.8 Å². The summed E-state index contributed by atoms with van der Waals surface area (Å²) in [5.41, 5.74) is 10.2. The molecule has 0 fully saturated rings. The molecule has 0 radical (unpaired) electrons. The number of carbonyl (C=O) groups excluding carboxylic acids is 2. The van der Waals surface area contributed by atoms with Crippen molar-refractivity contribution in [2.75, 3.05) is 10.6 Å². The molecule has 4 nitrogen and oxygen atoms in total. The number of nitrogens with one attached hydrogen (secondary N) is 2. The van der Waals surface area contributed by atoms with E-state index in [2.05, 4.69) is 36.6 Å². The van der Waals surface area contributed by atoms with Gasteiger partial charge in [-0.3, -0.25) is 9.59 Å². The van der Waals surface area contributed by atoms with E-state index >= 15 is 0 Å². The topological polar surface area (TPSA) is 58.2 Å². The molecule has 0 aliphatic heterocycles. The van der Waals surface area contributed by atoms with Gasteiger partial charge in [0.15, 0.2) is 0 Å².